The lowest BCUT2D eigenvalue weighted by Gasteiger charge is -2.49. The van der Waals surface area contributed by atoms with Crippen LogP contribution in [0.3, 0.4) is 0 Å². The number of aromatic nitrogens is 2. The molecule has 204 valence electrons. The SMILES string of the molecule is CCN1C=CN2NC(S/C=C/C3=C(C(=O)O)N4C(=O)[C@@H](NC(=O)/C(=N\OC)c5nsc(N)n5)[C@@H]4SC3)=CC=C12. The number of nitrogens with zero attached hydrogens (tertiary/aromatic N) is 6. The van der Waals surface area contributed by atoms with Crippen molar-refractivity contribution in [3.8, 4) is 0 Å². The minimum atomic E-state index is -1.23. The molecule has 14 nitrogen and oxygen atoms in total. The van der Waals surface area contributed by atoms with E-state index in [4.69, 9.17) is 10.6 Å². The van der Waals surface area contributed by atoms with Crippen LogP contribution < -0.4 is 16.5 Å². The number of hydrazine groups is 1. The molecule has 17 heteroatoms. The first-order valence-corrected chi connectivity index (χ1v) is 14.2. The van der Waals surface area contributed by atoms with Crippen molar-refractivity contribution in [3.63, 3.8) is 0 Å². The Morgan fingerprint density at radius 3 is 2.92 bits per heavy atom. The first kappa shape index (κ1) is 26.6. The molecule has 4 aliphatic rings. The average molecular weight is 590 g/mol. The van der Waals surface area contributed by atoms with Crippen molar-refractivity contribution >= 4 is 63.7 Å². The van der Waals surface area contributed by atoms with Gasteiger partial charge in [-0.05, 0) is 36.1 Å². The molecule has 5 N–H and O–H groups in total. The number of anilines is 1. The van der Waals surface area contributed by atoms with Crippen molar-refractivity contribution in [1.82, 2.24) is 34.9 Å². The molecule has 4 aliphatic heterocycles. The van der Waals surface area contributed by atoms with Crippen LogP contribution in [0, 0.1) is 0 Å². The van der Waals surface area contributed by atoms with E-state index >= 15 is 0 Å². The summed E-state index contributed by atoms with van der Waals surface area (Å²) in [5.74, 6) is -1.20. The Labute approximate surface area is 235 Å². The zero-order chi connectivity index (χ0) is 27.7. The highest BCUT2D eigenvalue weighted by atomic mass is 32.2. The van der Waals surface area contributed by atoms with Crippen molar-refractivity contribution in [3.05, 3.63) is 64.0 Å². The number of aliphatic carboxylic acids is 1. The molecular formula is C22H23N9O5S3. The quantitative estimate of drug-likeness (QED) is 0.180. The average Bonchev–Trinajstić information content (AvgIpc) is 3.55. The molecule has 5 heterocycles. The van der Waals surface area contributed by atoms with Gasteiger partial charge in [-0.2, -0.15) is 9.36 Å². The minimum Gasteiger partial charge on any atom is -0.477 e. The highest BCUT2D eigenvalue weighted by Crippen LogP contribution is 2.41. The normalized spacial score (nSPS) is 22.3. The molecule has 0 spiro atoms. The summed E-state index contributed by atoms with van der Waals surface area (Å²) < 4.78 is 3.96. The van der Waals surface area contributed by atoms with Crippen LogP contribution in [0.25, 0.3) is 0 Å². The number of carboxylic acid groups (broad SMARTS) is 1. The van der Waals surface area contributed by atoms with E-state index in [0.29, 0.717) is 11.3 Å². The minimum absolute atomic E-state index is 0.0365. The van der Waals surface area contributed by atoms with E-state index in [-0.39, 0.29) is 22.4 Å². The van der Waals surface area contributed by atoms with Gasteiger partial charge in [-0.1, -0.05) is 16.9 Å². The molecule has 1 aromatic heterocycles. The lowest BCUT2D eigenvalue weighted by atomic mass is 10.0. The summed E-state index contributed by atoms with van der Waals surface area (Å²) in [4.78, 5) is 50.0. The van der Waals surface area contributed by atoms with Crippen molar-refractivity contribution in [1.29, 1.82) is 0 Å². The topological polar surface area (TPSA) is 179 Å². The number of hydrogen-bond donors (Lipinski definition) is 4. The number of thioether (sulfide) groups is 2. The Morgan fingerprint density at radius 2 is 2.23 bits per heavy atom. The summed E-state index contributed by atoms with van der Waals surface area (Å²) in [5, 5.41) is 20.3. The van der Waals surface area contributed by atoms with Gasteiger partial charge in [-0.3, -0.25) is 19.9 Å². The molecule has 0 aliphatic carbocycles. The fourth-order valence-corrected chi connectivity index (χ4v) is 6.55. The zero-order valence-electron chi connectivity index (χ0n) is 20.6. The van der Waals surface area contributed by atoms with Crippen molar-refractivity contribution in [2.24, 2.45) is 5.16 Å². The van der Waals surface area contributed by atoms with Gasteiger partial charge in [0.15, 0.2) is 5.13 Å². The van der Waals surface area contributed by atoms with Gasteiger partial charge in [-0.25, -0.2) is 9.80 Å². The number of rotatable bonds is 9. The highest BCUT2D eigenvalue weighted by molar-refractivity contribution is 8.05. The lowest BCUT2D eigenvalue weighted by Crippen LogP contribution is -2.71. The number of allylic oxidation sites excluding steroid dienone is 3. The summed E-state index contributed by atoms with van der Waals surface area (Å²) >= 11 is 3.62. The fraction of sp³-hybridized carbons (Fsp3) is 0.273. The van der Waals surface area contributed by atoms with Gasteiger partial charge in [0.1, 0.15) is 30.0 Å². The molecule has 0 bridgehead atoms. The molecule has 0 unspecified atom stereocenters. The molecule has 39 heavy (non-hydrogen) atoms. The van der Waals surface area contributed by atoms with Gasteiger partial charge in [0.25, 0.3) is 11.8 Å². The van der Waals surface area contributed by atoms with Gasteiger partial charge in [-0.15, -0.1) is 11.8 Å². The van der Waals surface area contributed by atoms with Gasteiger partial charge in [0.2, 0.25) is 11.5 Å². The second-order valence-electron chi connectivity index (χ2n) is 8.16. The molecule has 1 fully saturated rings. The van der Waals surface area contributed by atoms with Crippen molar-refractivity contribution < 1.29 is 24.3 Å². The molecular weight excluding hydrogens is 567 g/mol. The van der Waals surface area contributed by atoms with E-state index in [2.05, 4.69) is 37.1 Å². The van der Waals surface area contributed by atoms with E-state index in [1.807, 2.05) is 29.6 Å². The number of nitrogens with two attached hydrogens (primary N) is 1. The molecule has 0 radical (unpaired) electrons. The Morgan fingerprint density at radius 1 is 1.41 bits per heavy atom. The van der Waals surface area contributed by atoms with Crippen LogP contribution in [0.2, 0.25) is 0 Å². The second-order valence-corrected chi connectivity index (χ2v) is 11.0. The lowest BCUT2D eigenvalue weighted by molar-refractivity contribution is -0.150. The van der Waals surface area contributed by atoms with Crippen LogP contribution in [0.15, 0.2) is 63.3 Å². The molecule has 1 aromatic rings. The van der Waals surface area contributed by atoms with Gasteiger partial charge < -0.3 is 25.9 Å². The number of carbonyl (C=O) groups excluding carboxylic acids is 2. The monoisotopic (exact) mass is 589 g/mol. The van der Waals surface area contributed by atoms with Crippen LogP contribution >= 0.6 is 35.1 Å². The number of oxime groups is 1. The molecule has 0 saturated carbocycles. The van der Waals surface area contributed by atoms with Crippen LogP contribution in [0.5, 0.6) is 0 Å². The Hall–Kier alpha value is -3.96. The summed E-state index contributed by atoms with van der Waals surface area (Å²) in [6.45, 7) is 2.91. The number of carbonyl (C=O) groups is 3. The maximum atomic E-state index is 13.0. The van der Waals surface area contributed by atoms with E-state index in [1.165, 1.54) is 35.5 Å². The standard InChI is InChI=1S/C22H23N9O5S3/c1-3-29-7-8-30-13(29)5-4-12(26-30)37-9-6-11-10-38-20-15(19(33)31(20)16(11)21(34)35)24-18(32)14(27-36-2)17-25-22(23)39-28-17/h4-9,15,20,26H,3,10H2,1-2H3,(H,24,32)(H,34,35)(H2,23,25,28)/b9-6+,27-14-/t15-,20+/m1/s1. The number of hydrogen-bond acceptors (Lipinski definition) is 14. The Balaban J connectivity index is 1.27. The molecule has 1 saturated heterocycles. The van der Waals surface area contributed by atoms with Gasteiger partial charge in [0.05, 0.1) is 5.03 Å². The molecule has 0 aromatic carbocycles. The van der Waals surface area contributed by atoms with Crippen LogP contribution in [0.1, 0.15) is 12.7 Å². The smallest absolute Gasteiger partial charge is 0.352 e. The van der Waals surface area contributed by atoms with Crippen molar-refractivity contribution in [2.45, 2.75) is 18.3 Å². The number of carboxylic acids is 1. The summed E-state index contributed by atoms with van der Waals surface area (Å²) in [6, 6.07) is -0.955. The Kier molecular flexibility index (Phi) is 7.53. The predicted octanol–water partition coefficient (Wildman–Crippen LogP) is 0.766. The predicted molar refractivity (Wildman–Crippen MR) is 147 cm³/mol. The molecule has 2 atom stereocenters. The summed E-state index contributed by atoms with van der Waals surface area (Å²) in [5.41, 5.74) is 9.00. The van der Waals surface area contributed by atoms with Crippen molar-refractivity contribution in [2.75, 3.05) is 25.1 Å². The maximum absolute atomic E-state index is 13.0. The van der Waals surface area contributed by atoms with Gasteiger partial charge >= 0.3 is 5.97 Å². The number of fused-ring (bicyclic) bond motifs is 2. The number of amides is 2. The third-order valence-electron chi connectivity index (χ3n) is 5.89. The first-order chi connectivity index (χ1) is 18.8. The third kappa shape index (κ3) is 5.07. The van der Waals surface area contributed by atoms with E-state index < -0.39 is 29.2 Å². The molecule has 5 rings (SSSR count). The summed E-state index contributed by atoms with van der Waals surface area (Å²) in [7, 11) is 1.26. The van der Waals surface area contributed by atoms with E-state index in [0.717, 1.165) is 28.9 Å². The Bertz CT molecular complexity index is 1400. The number of β-lactam (4-membered cyclic amide) rings is 1. The maximum Gasteiger partial charge on any atom is 0.352 e. The third-order valence-corrected chi connectivity index (χ3v) is 8.49. The fourth-order valence-electron chi connectivity index (χ4n) is 4.12. The summed E-state index contributed by atoms with van der Waals surface area (Å²) in [6.07, 6.45) is 9.53. The van der Waals surface area contributed by atoms with Crippen LogP contribution in [-0.2, 0) is 19.2 Å². The second kappa shape index (κ2) is 11.0. The number of nitrogens with one attached hydrogen (secondary N) is 2. The zero-order valence-corrected chi connectivity index (χ0v) is 23.0. The van der Waals surface area contributed by atoms with Crippen LogP contribution in [0.4, 0.5) is 5.13 Å². The van der Waals surface area contributed by atoms with E-state index in [9.17, 15) is 19.5 Å². The number of nitrogen functional groups attached to an aromatic ring is 1. The highest BCUT2D eigenvalue weighted by Gasteiger charge is 2.54. The van der Waals surface area contributed by atoms with E-state index in [1.54, 1.807) is 11.5 Å². The largest absolute Gasteiger partial charge is 0.477 e. The first-order valence-electron chi connectivity index (χ1n) is 11.5. The van der Waals surface area contributed by atoms with Gasteiger partial charge in [0, 0.05) is 36.2 Å². The molecule has 2 amide bonds. The van der Waals surface area contributed by atoms with Crippen LogP contribution in [-0.4, -0.2) is 83.6 Å².